The molecule has 0 aliphatic rings. The summed E-state index contributed by atoms with van der Waals surface area (Å²) in [4.78, 5) is 25.7. The summed E-state index contributed by atoms with van der Waals surface area (Å²) < 4.78 is 0. The largest absolute Gasteiger partial charge is 0.329 e. The number of carbonyl (C=O) groups is 2. The first-order chi connectivity index (χ1) is 11.8. The maximum atomic E-state index is 12.4. The van der Waals surface area contributed by atoms with Crippen molar-refractivity contribution >= 4 is 40.7 Å². The highest BCUT2D eigenvalue weighted by molar-refractivity contribution is 6.34. The normalized spacial score (nSPS) is 10.4. The van der Waals surface area contributed by atoms with E-state index in [0.717, 1.165) is 16.7 Å². The number of amides is 2. The van der Waals surface area contributed by atoms with Crippen molar-refractivity contribution < 1.29 is 9.59 Å². The molecule has 0 spiro atoms. The SMILES string of the molecule is CC(=O)N(CC(=O)Nc1c(C)cc(C)cc1Cl)Cc1ccccc1Cl. The number of nitrogens with zero attached hydrogens (tertiary/aromatic N) is 1. The lowest BCUT2D eigenvalue weighted by molar-refractivity contribution is -0.133. The standard InChI is InChI=1S/C19H20Cl2N2O2/c1-12-8-13(2)19(17(21)9-12)22-18(25)11-23(14(3)24)10-15-6-4-5-7-16(15)20/h4-9H,10-11H2,1-3H3,(H,22,25). The van der Waals surface area contributed by atoms with Gasteiger partial charge in [-0.15, -0.1) is 0 Å². The van der Waals surface area contributed by atoms with Gasteiger partial charge in [0, 0.05) is 18.5 Å². The number of aryl methyl sites for hydroxylation is 2. The summed E-state index contributed by atoms with van der Waals surface area (Å²) in [6.45, 7) is 5.42. The van der Waals surface area contributed by atoms with E-state index in [1.807, 2.05) is 38.1 Å². The molecule has 132 valence electrons. The Balaban J connectivity index is 2.11. The molecule has 0 atom stereocenters. The molecular formula is C19H20Cl2N2O2. The van der Waals surface area contributed by atoms with Crippen LogP contribution in [0.4, 0.5) is 5.69 Å². The average molecular weight is 379 g/mol. The Morgan fingerprint density at radius 3 is 2.36 bits per heavy atom. The van der Waals surface area contributed by atoms with Crippen LogP contribution in [0.25, 0.3) is 0 Å². The van der Waals surface area contributed by atoms with Crippen molar-refractivity contribution in [1.29, 1.82) is 0 Å². The topological polar surface area (TPSA) is 49.4 Å². The molecule has 0 saturated heterocycles. The van der Waals surface area contributed by atoms with Gasteiger partial charge in [-0.2, -0.15) is 0 Å². The Bertz CT molecular complexity index is 783. The van der Waals surface area contributed by atoms with Crippen LogP contribution in [-0.2, 0) is 16.1 Å². The minimum absolute atomic E-state index is 0.0792. The summed E-state index contributed by atoms with van der Waals surface area (Å²) in [6, 6.07) is 11.0. The number of hydrogen-bond acceptors (Lipinski definition) is 2. The van der Waals surface area contributed by atoms with E-state index in [4.69, 9.17) is 23.2 Å². The molecular weight excluding hydrogens is 359 g/mol. The van der Waals surface area contributed by atoms with Crippen LogP contribution in [0.2, 0.25) is 10.0 Å². The Labute approximate surface area is 157 Å². The van der Waals surface area contributed by atoms with Gasteiger partial charge >= 0.3 is 0 Å². The molecule has 4 nitrogen and oxygen atoms in total. The zero-order valence-corrected chi connectivity index (χ0v) is 15.9. The molecule has 0 heterocycles. The number of rotatable bonds is 5. The smallest absolute Gasteiger partial charge is 0.244 e. The molecule has 2 amide bonds. The van der Waals surface area contributed by atoms with Crippen molar-refractivity contribution in [3.8, 4) is 0 Å². The lowest BCUT2D eigenvalue weighted by atomic mass is 10.1. The Morgan fingerprint density at radius 1 is 1.08 bits per heavy atom. The van der Waals surface area contributed by atoms with Gasteiger partial charge in [0.05, 0.1) is 10.7 Å². The molecule has 0 aliphatic heterocycles. The number of nitrogens with one attached hydrogen (secondary N) is 1. The predicted molar refractivity (Wildman–Crippen MR) is 102 cm³/mol. The van der Waals surface area contributed by atoms with Gasteiger partial charge in [0.15, 0.2) is 0 Å². The van der Waals surface area contributed by atoms with Crippen LogP contribution in [-0.4, -0.2) is 23.3 Å². The van der Waals surface area contributed by atoms with E-state index >= 15 is 0 Å². The first-order valence-corrected chi connectivity index (χ1v) is 8.59. The summed E-state index contributed by atoms with van der Waals surface area (Å²) in [5.41, 5.74) is 3.25. The molecule has 0 aliphatic carbocycles. The third-order valence-corrected chi connectivity index (χ3v) is 4.46. The molecule has 25 heavy (non-hydrogen) atoms. The minimum atomic E-state index is -0.309. The van der Waals surface area contributed by atoms with Gasteiger partial charge in [0.2, 0.25) is 11.8 Å². The van der Waals surface area contributed by atoms with E-state index in [-0.39, 0.29) is 24.9 Å². The fourth-order valence-electron chi connectivity index (χ4n) is 2.54. The molecule has 2 aromatic rings. The van der Waals surface area contributed by atoms with Gasteiger partial charge < -0.3 is 10.2 Å². The van der Waals surface area contributed by atoms with Crippen molar-refractivity contribution in [3.05, 3.63) is 63.1 Å². The van der Waals surface area contributed by atoms with E-state index in [0.29, 0.717) is 15.7 Å². The number of carbonyl (C=O) groups excluding carboxylic acids is 2. The highest BCUT2D eigenvalue weighted by Crippen LogP contribution is 2.27. The van der Waals surface area contributed by atoms with Crippen LogP contribution in [0, 0.1) is 13.8 Å². The van der Waals surface area contributed by atoms with Gasteiger partial charge in [-0.3, -0.25) is 9.59 Å². The lowest BCUT2D eigenvalue weighted by Gasteiger charge is -2.22. The zero-order valence-electron chi connectivity index (χ0n) is 14.4. The molecule has 1 N–H and O–H groups in total. The summed E-state index contributed by atoms with van der Waals surface area (Å²) in [6.07, 6.45) is 0. The van der Waals surface area contributed by atoms with Crippen LogP contribution in [0.3, 0.4) is 0 Å². The van der Waals surface area contributed by atoms with E-state index < -0.39 is 0 Å². The van der Waals surface area contributed by atoms with Gasteiger partial charge in [0.25, 0.3) is 0 Å². The van der Waals surface area contributed by atoms with Crippen LogP contribution >= 0.6 is 23.2 Å². The van der Waals surface area contributed by atoms with Crippen molar-refractivity contribution in [2.45, 2.75) is 27.3 Å². The molecule has 0 aromatic heterocycles. The molecule has 0 fully saturated rings. The van der Waals surface area contributed by atoms with Crippen LogP contribution < -0.4 is 5.32 Å². The summed E-state index contributed by atoms with van der Waals surface area (Å²) >= 11 is 12.4. The maximum Gasteiger partial charge on any atom is 0.244 e. The monoisotopic (exact) mass is 378 g/mol. The highest BCUT2D eigenvalue weighted by atomic mass is 35.5. The quantitative estimate of drug-likeness (QED) is 0.826. The zero-order chi connectivity index (χ0) is 18.6. The number of halogens is 2. The Hall–Kier alpha value is -2.04. The van der Waals surface area contributed by atoms with Gasteiger partial charge in [-0.1, -0.05) is 47.5 Å². The van der Waals surface area contributed by atoms with E-state index in [1.54, 1.807) is 12.1 Å². The first kappa shape index (κ1) is 19.3. The maximum absolute atomic E-state index is 12.4. The van der Waals surface area contributed by atoms with Gasteiger partial charge in [-0.05, 0) is 42.7 Å². The number of benzene rings is 2. The Morgan fingerprint density at radius 2 is 1.76 bits per heavy atom. The van der Waals surface area contributed by atoms with E-state index in [9.17, 15) is 9.59 Å². The van der Waals surface area contributed by atoms with E-state index in [1.165, 1.54) is 11.8 Å². The van der Waals surface area contributed by atoms with Crippen molar-refractivity contribution in [1.82, 2.24) is 4.90 Å². The second-order valence-corrected chi connectivity index (χ2v) is 6.77. The first-order valence-electron chi connectivity index (χ1n) is 7.83. The van der Waals surface area contributed by atoms with Crippen molar-refractivity contribution in [2.75, 3.05) is 11.9 Å². The molecule has 2 aromatic carbocycles. The minimum Gasteiger partial charge on any atom is -0.329 e. The van der Waals surface area contributed by atoms with Gasteiger partial charge in [0.1, 0.15) is 6.54 Å². The molecule has 0 bridgehead atoms. The van der Waals surface area contributed by atoms with E-state index in [2.05, 4.69) is 5.32 Å². The Kier molecular flexibility index (Phi) is 6.45. The third kappa shape index (κ3) is 5.21. The summed E-state index contributed by atoms with van der Waals surface area (Å²) in [7, 11) is 0. The second-order valence-electron chi connectivity index (χ2n) is 5.95. The third-order valence-electron chi connectivity index (χ3n) is 3.79. The molecule has 2 rings (SSSR count). The fourth-order valence-corrected chi connectivity index (χ4v) is 3.10. The van der Waals surface area contributed by atoms with Crippen LogP contribution in [0.5, 0.6) is 0 Å². The predicted octanol–water partition coefficient (Wildman–Crippen LogP) is 4.60. The average Bonchev–Trinajstić information content (AvgIpc) is 2.52. The summed E-state index contributed by atoms with van der Waals surface area (Å²) in [5, 5.41) is 3.83. The molecule has 6 heteroatoms. The second kappa shape index (κ2) is 8.37. The van der Waals surface area contributed by atoms with Crippen molar-refractivity contribution in [2.24, 2.45) is 0 Å². The number of hydrogen-bond donors (Lipinski definition) is 1. The van der Waals surface area contributed by atoms with Crippen LogP contribution in [0.1, 0.15) is 23.6 Å². The molecule has 0 saturated carbocycles. The van der Waals surface area contributed by atoms with Gasteiger partial charge in [-0.25, -0.2) is 0 Å². The molecule has 0 radical (unpaired) electrons. The molecule has 0 unspecified atom stereocenters. The fraction of sp³-hybridized carbons (Fsp3) is 0.263. The van der Waals surface area contributed by atoms with Crippen molar-refractivity contribution in [3.63, 3.8) is 0 Å². The highest BCUT2D eigenvalue weighted by Gasteiger charge is 2.17. The van der Waals surface area contributed by atoms with Crippen LogP contribution in [0.15, 0.2) is 36.4 Å². The lowest BCUT2D eigenvalue weighted by Crippen LogP contribution is -2.36. The summed E-state index contributed by atoms with van der Waals surface area (Å²) in [5.74, 6) is -0.516. The number of anilines is 1.